The van der Waals surface area contributed by atoms with Crippen LogP contribution in [0.1, 0.15) is 12.5 Å². The van der Waals surface area contributed by atoms with Gasteiger partial charge >= 0.3 is 0 Å². The first-order chi connectivity index (χ1) is 16.2. The van der Waals surface area contributed by atoms with Crippen LogP contribution >= 0.6 is 0 Å². The highest BCUT2D eigenvalue weighted by molar-refractivity contribution is 7.90. The standard InChI is InChI=1S/C25H25F2N3O3S/c1-3-15-10-28-25(29-11-15)30-12-19-20(13-30)21(19)14-33-24-9-22(26)18(8-23(24)27)16-4-6-17(7-5-16)34(2,31)32/h4-11,19-21H,3,12-14H2,1-2H3/t19-,20+,21?. The fraction of sp³-hybridized carbons (Fsp3) is 0.360. The Labute approximate surface area is 197 Å². The zero-order valence-electron chi connectivity index (χ0n) is 18.9. The van der Waals surface area contributed by atoms with E-state index in [-0.39, 0.29) is 16.2 Å². The number of hydrogen-bond acceptors (Lipinski definition) is 6. The molecule has 0 spiro atoms. The van der Waals surface area contributed by atoms with Crippen LogP contribution < -0.4 is 9.64 Å². The van der Waals surface area contributed by atoms with Crippen molar-refractivity contribution in [1.82, 2.24) is 9.97 Å². The number of ether oxygens (including phenoxy) is 1. The lowest BCUT2D eigenvalue weighted by atomic mass is 10.0. The van der Waals surface area contributed by atoms with Gasteiger partial charge in [-0.15, -0.1) is 0 Å². The maximum Gasteiger partial charge on any atom is 0.225 e. The maximum atomic E-state index is 14.7. The number of nitrogens with zero attached hydrogens (tertiary/aromatic N) is 3. The smallest absolute Gasteiger partial charge is 0.225 e. The van der Waals surface area contributed by atoms with Gasteiger partial charge in [-0.3, -0.25) is 0 Å². The summed E-state index contributed by atoms with van der Waals surface area (Å²) in [6.07, 6.45) is 5.71. The molecule has 0 radical (unpaired) electrons. The molecule has 1 saturated carbocycles. The molecule has 1 aliphatic heterocycles. The molecule has 1 aliphatic carbocycles. The second kappa shape index (κ2) is 8.61. The second-order valence-corrected chi connectivity index (χ2v) is 11.0. The number of rotatable bonds is 7. The van der Waals surface area contributed by atoms with Gasteiger partial charge in [0.25, 0.3) is 0 Å². The quantitative estimate of drug-likeness (QED) is 0.501. The van der Waals surface area contributed by atoms with Gasteiger partial charge in [0.2, 0.25) is 5.95 Å². The number of hydrogen-bond donors (Lipinski definition) is 0. The normalized spacial score (nSPS) is 21.4. The molecule has 0 N–H and O–H groups in total. The summed E-state index contributed by atoms with van der Waals surface area (Å²) in [6, 6.07) is 7.84. The largest absolute Gasteiger partial charge is 0.490 e. The third kappa shape index (κ3) is 4.36. The van der Waals surface area contributed by atoms with Crippen LogP contribution in [0.5, 0.6) is 5.75 Å². The third-order valence-corrected chi connectivity index (χ3v) is 7.93. The van der Waals surface area contributed by atoms with Gasteiger partial charge in [-0.25, -0.2) is 27.2 Å². The molecule has 3 aromatic rings. The van der Waals surface area contributed by atoms with E-state index < -0.39 is 21.5 Å². The van der Waals surface area contributed by atoms with Crippen LogP contribution in [0.15, 0.2) is 53.7 Å². The van der Waals surface area contributed by atoms with Gasteiger partial charge in [-0.1, -0.05) is 19.1 Å². The first kappa shape index (κ1) is 22.7. The molecule has 2 aliphatic rings. The van der Waals surface area contributed by atoms with Crippen LogP contribution in [-0.4, -0.2) is 44.3 Å². The topological polar surface area (TPSA) is 72.4 Å². The highest BCUT2D eigenvalue weighted by Gasteiger charge is 2.56. The number of piperidine rings is 1. The Balaban J connectivity index is 1.20. The van der Waals surface area contributed by atoms with Gasteiger partial charge in [0.1, 0.15) is 5.82 Å². The monoisotopic (exact) mass is 485 g/mol. The van der Waals surface area contributed by atoms with Crippen molar-refractivity contribution >= 4 is 15.8 Å². The van der Waals surface area contributed by atoms with E-state index in [0.717, 1.165) is 49.4 Å². The van der Waals surface area contributed by atoms with Gasteiger partial charge in [-0.2, -0.15) is 0 Å². The number of benzene rings is 2. The number of aromatic nitrogens is 2. The summed E-state index contributed by atoms with van der Waals surface area (Å²) in [5, 5.41) is 0. The lowest BCUT2D eigenvalue weighted by molar-refractivity contribution is 0.269. The summed E-state index contributed by atoms with van der Waals surface area (Å²) in [5.74, 6) is 0.521. The summed E-state index contributed by atoms with van der Waals surface area (Å²) < 4.78 is 58.3. The van der Waals surface area contributed by atoms with Crippen molar-refractivity contribution in [2.45, 2.75) is 18.2 Å². The molecule has 178 valence electrons. The van der Waals surface area contributed by atoms with Crippen LogP contribution in [0.3, 0.4) is 0 Å². The van der Waals surface area contributed by atoms with E-state index in [1.54, 1.807) is 0 Å². The Morgan fingerprint density at radius 2 is 1.68 bits per heavy atom. The molecular weight excluding hydrogens is 460 g/mol. The van der Waals surface area contributed by atoms with Crippen molar-refractivity contribution in [2.75, 3.05) is 30.9 Å². The maximum absolute atomic E-state index is 14.7. The first-order valence-corrected chi connectivity index (χ1v) is 13.1. The van der Waals surface area contributed by atoms with E-state index in [4.69, 9.17) is 4.74 Å². The third-order valence-electron chi connectivity index (χ3n) is 6.80. The number of anilines is 1. The van der Waals surface area contributed by atoms with Crippen molar-refractivity contribution in [3.8, 4) is 16.9 Å². The minimum atomic E-state index is -3.36. The van der Waals surface area contributed by atoms with Gasteiger partial charge in [0.15, 0.2) is 21.4 Å². The Hall–Kier alpha value is -3.07. The van der Waals surface area contributed by atoms with Crippen molar-refractivity contribution in [3.05, 3.63) is 66.0 Å². The molecule has 2 aromatic carbocycles. The van der Waals surface area contributed by atoms with Crippen molar-refractivity contribution in [2.24, 2.45) is 17.8 Å². The Kier molecular flexibility index (Phi) is 5.75. The van der Waals surface area contributed by atoms with Gasteiger partial charge < -0.3 is 9.64 Å². The summed E-state index contributed by atoms with van der Waals surface area (Å²) in [7, 11) is -3.36. The Morgan fingerprint density at radius 1 is 1.03 bits per heavy atom. The van der Waals surface area contributed by atoms with Gasteiger partial charge in [0, 0.05) is 49.3 Å². The number of sulfone groups is 1. The van der Waals surface area contributed by atoms with Gasteiger partial charge in [0.05, 0.1) is 11.5 Å². The average molecular weight is 486 g/mol. The highest BCUT2D eigenvalue weighted by atomic mass is 32.2. The van der Waals surface area contributed by atoms with E-state index in [9.17, 15) is 17.2 Å². The molecule has 0 amide bonds. The van der Waals surface area contributed by atoms with Crippen molar-refractivity contribution < 1.29 is 21.9 Å². The molecule has 1 aromatic heterocycles. The molecular formula is C25H25F2N3O3S. The lowest BCUT2D eigenvalue weighted by Gasteiger charge is -2.20. The minimum Gasteiger partial charge on any atom is -0.490 e. The van der Waals surface area contributed by atoms with E-state index in [2.05, 4.69) is 21.8 Å². The minimum absolute atomic E-state index is 0.0536. The fourth-order valence-corrected chi connectivity index (χ4v) is 5.31. The van der Waals surface area contributed by atoms with E-state index >= 15 is 0 Å². The molecule has 34 heavy (non-hydrogen) atoms. The predicted molar refractivity (Wildman–Crippen MR) is 124 cm³/mol. The zero-order chi connectivity index (χ0) is 24.0. The fourth-order valence-electron chi connectivity index (χ4n) is 4.68. The Bertz CT molecular complexity index is 1300. The second-order valence-electron chi connectivity index (χ2n) is 9.01. The summed E-state index contributed by atoms with van der Waals surface area (Å²) >= 11 is 0. The van der Waals surface area contributed by atoms with Crippen LogP contribution in [0, 0.1) is 29.4 Å². The molecule has 1 unspecified atom stereocenters. The van der Waals surface area contributed by atoms with E-state index in [1.165, 1.54) is 24.3 Å². The molecule has 6 nitrogen and oxygen atoms in total. The predicted octanol–water partition coefficient (Wildman–Crippen LogP) is 4.15. The number of fused-ring (bicyclic) bond motifs is 1. The first-order valence-electron chi connectivity index (χ1n) is 11.2. The SMILES string of the molecule is CCc1cnc(N2C[C@@H]3C(COc4cc(F)c(-c5ccc(S(C)(=O)=O)cc5)cc4F)[C@@H]3C2)nc1. The number of aryl methyl sites for hydroxylation is 1. The van der Waals surface area contributed by atoms with Crippen LogP contribution in [0.25, 0.3) is 11.1 Å². The summed E-state index contributed by atoms with van der Waals surface area (Å²) in [4.78, 5) is 11.2. The van der Waals surface area contributed by atoms with Crippen LogP contribution in [0.4, 0.5) is 14.7 Å². The van der Waals surface area contributed by atoms with Gasteiger partial charge in [-0.05, 0) is 47.6 Å². The van der Waals surface area contributed by atoms with E-state index in [0.29, 0.717) is 29.9 Å². The molecule has 9 heteroatoms. The van der Waals surface area contributed by atoms with Crippen molar-refractivity contribution in [1.29, 1.82) is 0 Å². The Morgan fingerprint density at radius 3 is 2.26 bits per heavy atom. The highest BCUT2D eigenvalue weighted by Crippen LogP contribution is 2.52. The molecule has 1 saturated heterocycles. The zero-order valence-corrected chi connectivity index (χ0v) is 19.7. The summed E-state index contributed by atoms with van der Waals surface area (Å²) in [5.41, 5.74) is 1.55. The molecule has 0 bridgehead atoms. The lowest BCUT2D eigenvalue weighted by Crippen LogP contribution is -2.27. The van der Waals surface area contributed by atoms with Crippen LogP contribution in [-0.2, 0) is 16.3 Å². The number of halogens is 2. The molecule has 5 rings (SSSR count). The molecule has 2 heterocycles. The molecule has 2 fully saturated rings. The average Bonchev–Trinajstić information content (AvgIpc) is 3.27. The summed E-state index contributed by atoms with van der Waals surface area (Å²) in [6.45, 7) is 4.07. The van der Waals surface area contributed by atoms with Crippen LogP contribution in [0.2, 0.25) is 0 Å². The molecule has 3 atom stereocenters. The van der Waals surface area contributed by atoms with E-state index in [1.807, 2.05) is 12.4 Å². The van der Waals surface area contributed by atoms with Crippen molar-refractivity contribution in [3.63, 3.8) is 0 Å².